The molecule has 0 amide bonds. The van der Waals surface area contributed by atoms with Gasteiger partial charge in [0.1, 0.15) is 0 Å². The number of aryl methyl sites for hydroxylation is 1. The van der Waals surface area contributed by atoms with Crippen molar-refractivity contribution >= 4 is 34.6 Å². The number of hydrogen-bond acceptors (Lipinski definition) is 5. The lowest BCUT2D eigenvalue weighted by molar-refractivity contribution is -0.136. The first-order valence-electron chi connectivity index (χ1n) is 7.67. The highest BCUT2D eigenvalue weighted by Crippen LogP contribution is 2.30. The summed E-state index contributed by atoms with van der Waals surface area (Å²) in [5.74, 6) is -0.244. The Morgan fingerprint density at radius 2 is 2.08 bits per heavy atom. The van der Waals surface area contributed by atoms with E-state index < -0.39 is 11.9 Å². The predicted molar refractivity (Wildman–Crippen MR) is 93.2 cm³/mol. The highest BCUT2D eigenvalue weighted by molar-refractivity contribution is 7.98. The van der Waals surface area contributed by atoms with Gasteiger partial charge < -0.3 is 19.5 Å². The third kappa shape index (κ3) is 3.91. The van der Waals surface area contributed by atoms with Crippen LogP contribution in [-0.4, -0.2) is 39.1 Å². The summed E-state index contributed by atoms with van der Waals surface area (Å²) in [5, 5.41) is 18.8. The molecule has 0 aliphatic carbocycles. The molecule has 0 fully saturated rings. The van der Waals surface area contributed by atoms with Crippen LogP contribution in [0.15, 0.2) is 18.2 Å². The normalized spacial score (nSPS) is 11.0. The summed E-state index contributed by atoms with van der Waals surface area (Å²) < 4.78 is 7.12. The van der Waals surface area contributed by atoms with Crippen molar-refractivity contribution in [1.29, 1.82) is 0 Å². The Hall–Kier alpha value is -1.99. The van der Waals surface area contributed by atoms with Crippen LogP contribution in [0.25, 0.3) is 10.9 Å². The first-order chi connectivity index (χ1) is 11.5. The van der Waals surface area contributed by atoms with E-state index in [1.165, 1.54) is 11.8 Å². The lowest BCUT2D eigenvalue weighted by Crippen LogP contribution is -2.08. The van der Waals surface area contributed by atoms with E-state index in [4.69, 9.17) is 9.84 Å². The van der Waals surface area contributed by atoms with E-state index in [1.54, 1.807) is 13.0 Å². The number of esters is 1. The zero-order valence-electron chi connectivity index (χ0n) is 13.7. The fourth-order valence-corrected chi connectivity index (χ4v) is 3.57. The zero-order chi connectivity index (χ0) is 17.7. The van der Waals surface area contributed by atoms with E-state index in [1.807, 2.05) is 23.7 Å². The standard InChI is InChI=1S/C17H21NO5S/c1-3-23-17(22)16-12-8-11(9-19)4-5-13(12)18(2)14(16)10-24-7-6-15(20)21/h4-5,8,19H,3,6-7,9-10H2,1-2H3,(H,20,21). The molecule has 6 nitrogen and oxygen atoms in total. The monoisotopic (exact) mass is 351 g/mol. The maximum Gasteiger partial charge on any atom is 0.340 e. The summed E-state index contributed by atoms with van der Waals surface area (Å²) >= 11 is 1.46. The molecule has 1 aromatic heterocycles. The zero-order valence-corrected chi connectivity index (χ0v) is 14.6. The predicted octanol–water partition coefficient (Wildman–Crippen LogP) is 2.56. The number of aromatic nitrogens is 1. The van der Waals surface area contributed by atoms with Crippen LogP contribution in [-0.2, 0) is 28.9 Å². The molecule has 2 N–H and O–H groups in total. The van der Waals surface area contributed by atoms with Gasteiger partial charge in [0.2, 0.25) is 0 Å². The van der Waals surface area contributed by atoms with Crippen LogP contribution in [0.1, 0.15) is 35.0 Å². The molecule has 2 rings (SSSR count). The van der Waals surface area contributed by atoms with E-state index in [0.717, 1.165) is 22.2 Å². The quantitative estimate of drug-likeness (QED) is 0.561. The Kier molecular flexibility index (Phi) is 6.28. The summed E-state index contributed by atoms with van der Waals surface area (Å²) in [6.07, 6.45) is 0.0814. The molecule has 130 valence electrons. The first-order valence-corrected chi connectivity index (χ1v) is 8.82. The van der Waals surface area contributed by atoms with Gasteiger partial charge in [0.05, 0.1) is 25.2 Å². The van der Waals surface area contributed by atoms with Crippen molar-refractivity contribution < 1.29 is 24.5 Å². The number of carboxylic acid groups (broad SMARTS) is 1. The molecule has 0 saturated heterocycles. The fraction of sp³-hybridized carbons (Fsp3) is 0.412. The Bertz CT molecular complexity index is 753. The number of aliphatic hydroxyl groups excluding tert-OH is 1. The van der Waals surface area contributed by atoms with Crippen molar-refractivity contribution in [3.05, 3.63) is 35.0 Å². The summed E-state index contributed by atoms with van der Waals surface area (Å²) in [6.45, 7) is 1.93. The van der Waals surface area contributed by atoms with Gasteiger partial charge in [-0.2, -0.15) is 11.8 Å². The van der Waals surface area contributed by atoms with Crippen LogP contribution in [0, 0.1) is 0 Å². The van der Waals surface area contributed by atoms with Gasteiger partial charge in [0.25, 0.3) is 0 Å². The lowest BCUT2D eigenvalue weighted by Gasteiger charge is -2.07. The molecule has 7 heteroatoms. The molecule has 0 radical (unpaired) electrons. The van der Waals surface area contributed by atoms with Crippen molar-refractivity contribution in [3.63, 3.8) is 0 Å². The number of carbonyl (C=O) groups is 2. The van der Waals surface area contributed by atoms with Gasteiger partial charge in [-0.05, 0) is 24.6 Å². The Morgan fingerprint density at radius 3 is 2.71 bits per heavy atom. The average Bonchev–Trinajstić information content (AvgIpc) is 2.83. The molecule has 0 bridgehead atoms. The molecular formula is C17H21NO5S. The van der Waals surface area contributed by atoms with Crippen LogP contribution < -0.4 is 0 Å². The molecule has 0 spiro atoms. The summed E-state index contributed by atoms with van der Waals surface area (Å²) in [7, 11) is 1.87. The van der Waals surface area contributed by atoms with Gasteiger partial charge in [-0.3, -0.25) is 4.79 Å². The van der Waals surface area contributed by atoms with E-state index in [0.29, 0.717) is 17.1 Å². The Balaban J connectivity index is 2.42. The average molecular weight is 351 g/mol. The maximum atomic E-state index is 12.4. The number of carboxylic acids is 1. The van der Waals surface area contributed by atoms with Gasteiger partial charge in [-0.15, -0.1) is 0 Å². The number of benzene rings is 1. The van der Waals surface area contributed by atoms with Crippen LogP contribution >= 0.6 is 11.8 Å². The number of ether oxygens (including phenoxy) is 1. The largest absolute Gasteiger partial charge is 0.481 e. The van der Waals surface area contributed by atoms with Gasteiger partial charge in [0, 0.05) is 35.2 Å². The topological polar surface area (TPSA) is 88.8 Å². The summed E-state index contributed by atoms with van der Waals surface area (Å²) in [4.78, 5) is 23.1. The molecular weight excluding hydrogens is 330 g/mol. The molecule has 0 atom stereocenters. The second-order valence-corrected chi connectivity index (χ2v) is 6.41. The molecule has 0 unspecified atom stereocenters. The van der Waals surface area contributed by atoms with Gasteiger partial charge in [0.15, 0.2) is 0 Å². The van der Waals surface area contributed by atoms with Crippen molar-refractivity contribution in [2.24, 2.45) is 7.05 Å². The second-order valence-electron chi connectivity index (χ2n) is 5.31. The van der Waals surface area contributed by atoms with Crippen LogP contribution in [0.2, 0.25) is 0 Å². The van der Waals surface area contributed by atoms with E-state index in [2.05, 4.69) is 0 Å². The molecule has 1 heterocycles. The highest BCUT2D eigenvalue weighted by atomic mass is 32.2. The second kappa shape index (κ2) is 8.21. The third-order valence-electron chi connectivity index (χ3n) is 3.75. The minimum Gasteiger partial charge on any atom is -0.481 e. The van der Waals surface area contributed by atoms with Crippen molar-refractivity contribution in [3.8, 4) is 0 Å². The van der Waals surface area contributed by atoms with E-state index >= 15 is 0 Å². The third-order valence-corrected chi connectivity index (χ3v) is 4.72. The number of hydrogen-bond donors (Lipinski definition) is 2. The molecule has 2 aromatic rings. The van der Waals surface area contributed by atoms with Gasteiger partial charge >= 0.3 is 11.9 Å². The molecule has 0 aliphatic heterocycles. The van der Waals surface area contributed by atoms with E-state index in [-0.39, 0.29) is 19.6 Å². The molecule has 0 aliphatic rings. The highest BCUT2D eigenvalue weighted by Gasteiger charge is 2.22. The van der Waals surface area contributed by atoms with Crippen molar-refractivity contribution in [2.75, 3.05) is 12.4 Å². The van der Waals surface area contributed by atoms with Gasteiger partial charge in [-0.25, -0.2) is 4.79 Å². The number of aliphatic carboxylic acids is 1. The minimum absolute atomic E-state index is 0.0814. The SMILES string of the molecule is CCOC(=O)c1c(CSCCC(=O)O)n(C)c2ccc(CO)cc12. The Labute approximate surface area is 144 Å². The summed E-state index contributed by atoms with van der Waals surface area (Å²) in [6, 6.07) is 5.49. The smallest absolute Gasteiger partial charge is 0.340 e. The number of rotatable bonds is 8. The van der Waals surface area contributed by atoms with Crippen molar-refractivity contribution in [1.82, 2.24) is 4.57 Å². The minimum atomic E-state index is -0.835. The number of thioether (sulfide) groups is 1. The van der Waals surface area contributed by atoms with Crippen LogP contribution in [0.5, 0.6) is 0 Å². The van der Waals surface area contributed by atoms with Gasteiger partial charge in [-0.1, -0.05) is 6.07 Å². The number of fused-ring (bicyclic) bond motifs is 1. The fourth-order valence-electron chi connectivity index (χ4n) is 2.57. The van der Waals surface area contributed by atoms with Crippen LogP contribution in [0.4, 0.5) is 0 Å². The lowest BCUT2D eigenvalue weighted by atomic mass is 10.1. The number of nitrogens with zero attached hydrogens (tertiary/aromatic N) is 1. The Morgan fingerprint density at radius 1 is 1.33 bits per heavy atom. The molecule has 1 aromatic carbocycles. The summed E-state index contributed by atoms with van der Waals surface area (Å²) in [5.41, 5.74) is 2.90. The number of aliphatic hydroxyl groups is 1. The first kappa shape index (κ1) is 18.4. The molecule has 0 saturated carbocycles. The van der Waals surface area contributed by atoms with Crippen LogP contribution in [0.3, 0.4) is 0 Å². The number of carbonyl (C=O) groups excluding carboxylic acids is 1. The maximum absolute atomic E-state index is 12.4. The van der Waals surface area contributed by atoms with E-state index in [9.17, 15) is 14.7 Å². The van der Waals surface area contributed by atoms with Crippen molar-refractivity contribution in [2.45, 2.75) is 25.7 Å². The molecule has 24 heavy (non-hydrogen) atoms.